The van der Waals surface area contributed by atoms with E-state index in [-0.39, 0.29) is 0 Å². The highest BCUT2D eigenvalue weighted by molar-refractivity contribution is 5.67. The van der Waals surface area contributed by atoms with Crippen LogP contribution in [0, 0.1) is 41.2 Å². The van der Waals surface area contributed by atoms with Crippen LogP contribution in [0.1, 0.15) is 134 Å². The molecule has 1 aromatic carbocycles. The van der Waals surface area contributed by atoms with Crippen LogP contribution in [-0.4, -0.2) is 0 Å². The van der Waals surface area contributed by atoms with Crippen molar-refractivity contribution in [3.05, 3.63) is 53.6 Å². The lowest BCUT2D eigenvalue weighted by Gasteiger charge is -2.38. The van der Waals surface area contributed by atoms with Crippen molar-refractivity contribution in [2.45, 2.75) is 129 Å². The Morgan fingerprint density at radius 1 is 0.784 bits per heavy atom. The zero-order valence-electron chi connectivity index (χ0n) is 23.6. The summed E-state index contributed by atoms with van der Waals surface area (Å²) in [6, 6.07) is 3.60. The molecule has 3 aliphatic carbocycles. The summed E-state index contributed by atoms with van der Waals surface area (Å²) in [7, 11) is 0. The molecule has 0 aromatic heterocycles. The van der Waals surface area contributed by atoms with Crippen LogP contribution in [0.2, 0.25) is 0 Å². The van der Waals surface area contributed by atoms with Crippen LogP contribution >= 0.6 is 0 Å². The molecule has 1 atom stereocenters. The Hall–Kier alpha value is -1.44. The first-order chi connectivity index (χ1) is 18.1. The number of halogens is 2. The number of unbranched alkanes of at least 4 members (excludes halogenated alkanes) is 2. The molecule has 2 saturated carbocycles. The maximum absolute atomic E-state index is 14.7. The van der Waals surface area contributed by atoms with E-state index in [1.54, 1.807) is 6.07 Å². The van der Waals surface area contributed by atoms with Crippen molar-refractivity contribution in [2.24, 2.45) is 29.6 Å². The van der Waals surface area contributed by atoms with Gasteiger partial charge >= 0.3 is 0 Å². The molecule has 0 saturated heterocycles. The zero-order valence-corrected chi connectivity index (χ0v) is 23.6. The van der Waals surface area contributed by atoms with Crippen LogP contribution in [-0.2, 0) is 6.42 Å². The van der Waals surface area contributed by atoms with Crippen molar-refractivity contribution in [2.75, 3.05) is 0 Å². The SMILES string of the molecule is C=CCCCCC1CCC(C2CCC(CCC3CC=C(c4ccc(CCC)c(F)c4F)CC3)CC2)CC1. The van der Waals surface area contributed by atoms with Gasteiger partial charge in [-0.2, -0.15) is 0 Å². The number of allylic oxidation sites excluding steroid dienone is 3. The first-order valence-corrected chi connectivity index (χ1v) is 15.9. The van der Waals surface area contributed by atoms with Gasteiger partial charge in [0.15, 0.2) is 11.6 Å². The van der Waals surface area contributed by atoms with Crippen LogP contribution in [0.5, 0.6) is 0 Å². The Morgan fingerprint density at radius 2 is 1.43 bits per heavy atom. The lowest BCUT2D eigenvalue weighted by molar-refractivity contribution is 0.138. The van der Waals surface area contributed by atoms with E-state index in [2.05, 4.69) is 18.7 Å². The van der Waals surface area contributed by atoms with Crippen molar-refractivity contribution >= 4 is 5.57 Å². The molecular weight excluding hydrogens is 458 g/mol. The third-order valence-electron chi connectivity index (χ3n) is 10.3. The lowest BCUT2D eigenvalue weighted by atomic mass is 9.68. The monoisotopic (exact) mass is 510 g/mol. The summed E-state index contributed by atoms with van der Waals surface area (Å²) in [6.45, 7) is 5.85. The molecule has 4 rings (SSSR count). The van der Waals surface area contributed by atoms with Crippen molar-refractivity contribution in [3.63, 3.8) is 0 Å². The van der Waals surface area contributed by atoms with Crippen molar-refractivity contribution in [3.8, 4) is 0 Å². The molecule has 2 fully saturated rings. The Balaban J connectivity index is 1.14. The van der Waals surface area contributed by atoms with Crippen molar-refractivity contribution in [1.29, 1.82) is 0 Å². The van der Waals surface area contributed by atoms with Gasteiger partial charge in [-0.3, -0.25) is 0 Å². The van der Waals surface area contributed by atoms with E-state index in [1.165, 1.54) is 89.9 Å². The molecule has 0 amide bonds. The topological polar surface area (TPSA) is 0 Å². The summed E-state index contributed by atoms with van der Waals surface area (Å²) in [5.74, 6) is 3.37. The van der Waals surface area contributed by atoms with Gasteiger partial charge in [0.2, 0.25) is 0 Å². The molecule has 0 spiro atoms. The van der Waals surface area contributed by atoms with E-state index in [0.29, 0.717) is 17.5 Å². The molecule has 0 radical (unpaired) electrons. The van der Waals surface area contributed by atoms with E-state index in [0.717, 1.165) is 60.8 Å². The van der Waals surface area contributed by atoms with Crippen molar-refractivity contribution < 1.29 is 8.78 Å². The molecular formula is C35H52F2. The van der Waals surface area contributed by atoms with Gasteiger partial charge in [-0.05, 0) is 111 Å². The summed E-state index contributed by atoms with van der Waals surface area (Å²) in [4.78, 5) is 0. The minimum absolute atomic E-state index is 0.496. The van der Waals surface area contributed by atoms with Gasteiger partial charge in [-0.25, -0.2) is 8.78 Å². The van der Waals surface area contributed by atoms with E-state index in [9.17, 15) is 8.78 Å². The highest BCUT2D eigenvalue weighted by atomic mass is 19.2. The van der Waals surface area contributed by atoms with E-state index in [1.807, 2.05) is 13.0 Å². The number of hydrogen-bond donors (Lipinski definition) is 0. The second-order valence-corrected chi connectivity index (χ2v) is 12.7. The Kier molecular flexibility index (Phi) is 11.3. The van der Waals surface area contributed by atoms with Crippen LogP contribution in [0.15, 0.2) is 30.9 Å². The first-order valence-electron chi connectivity index (χ1n) is 15.9. The molecule has 0 nitrogen and oxygen atoms in total. The zero-order chi connectivity index (χ0) is 26.0. The van der Waals surface area contributed by atoms with Crippen LogP contribution in [0.3, 0.4) is 0 Å². The fraction of sp³-hybridized carbons (Fsp3) is 0.714. The highest BCUT2D eigenvalue weighted by Gasteiger charge is 2.31. The number of benzene rings is 1. The summed E-state index contributed by atoms with van der Waals surface area (Å²) >= 11 is 0. The van der Waals surface area contributed by atoms with E-state index >= 15 is 0 Å². The smallest absolute Gasteiger partial charge is 0.166 e. The highest BCUT2D eigenvalue weighted by Crippen LogP contribution is 2.44. The Labute approximate surface area is 226 Å². The van der Waals surface area contributed by atoms with Gasteiger partial charge in [-0.1, -0.05) is 82.6 Å². The number of aryl methyl sites for hydroxylation is 1. The minimum atomic E-state index is -0.635. The molecule has 0 N–H and O–H groups in total. The normalized spacial score (nSPS) is 28.6. The average molecular weight is 511 g/mol. The van der Waals surface area contributed by atoms with Crippen LogP contribution < -0.4 is 0 Å². The van der Waals surface area contributed by atoms with Gasteiger partial charge in [0.1, 0.15) is 0 Å². The number of hydrogen-bond acceptors (Lipinski definition) is 0. The Bertz CT molecular complexity index is 867. The predicted molar refractivity (Wildman–Crippen MR) is 154 cm³/mol. The standard InChI is InChI=1S/C35H52F2/c1-3-5-6-7-9-26-12-18-29(19-13-26)30-20-14-27(15-21-30)10-11-28-16-22-31(23-17-28)33-25-24-32(8-4-2)34(36)35(33)37/h3,22,24-30H,1,4-21,23H2,2H3. The summed E-state index contributed by atoms with van der Waals surface area (Å²) < 4.78 is 29.1. The van der Waals surface area contributed by atoms with Gasteiger partial charge in [0, 0.05) is 5.56 Å². The minimum Gasteiger partial charge on any atom is -0.203 e. The largest absolute Gasteiger partial charge is 0.203 e. The second kappa shape index (κ2) is 14.6. The van der Waals surface area contributed by atoms with Crippen LogP contribution in [0.4, 0.5) is 8.78 Å². The average Bonchev–Trinajstić information content (AvgIpc) is 2.94. The lowest BCUT2D eigenvalue weighted by Crippen LogP contribution is -2.26. The second-order valence-electron chi connectivity index (χ2n) is 12.7. The predicted octanol–water partition coefficient (Wildman–Crippen LogP) is 11.2. The molecule has 3 aliphatic rings. The fourth-order valence-electron chi connectivity index (χ4n) is 7.78. The molecule has 2 heteroatoms. The Morgan fingerprint density at radius 3 is 2.03 bits per heavy atom. The molecule has 0 bridgehead atoms. The van der Waals surface area contributed by atoms with E-state index < -0.39 is 11.6 Å². The maximum Gasteiger partial charge on any atom is 0.166 e. The third-order valence-corrected chi connectivity index (χ3v) is 10.3. The number of rotatable bonds is 12. The molecule has 1 unspecified atom stereocenters. The molecule has 0 aliphatic heterocycles. The van der Waals surface area contributed by atoms with Crippen molar-refractivity contribution in [1.82, 2.24) is 0 Å². The summed E-state index contributed by atoms with van der Waals surface area (Å²) in [6.07, 6.45) is 28.5. The summed E-state index contributed by atoms with van der Waals surface area (Å²) in [5.41, 5.74) is 2.02. The molecule has 1 aromatic rings. The van der Waals surface area contributed by atoms with Gasteiger partial charge < -0.3 is 0 Å². The van der Waals surface area contributed by atoms with Gasteiger partial charge in [-0.15, -0.1) is 6.58 Å². The first kappa shape index (κ1) is 28.6. The molecule has 0 heterocycles. The fourth-order valence-corrected chi connectivity index (χ4v) is 7.78. The third kappa shape index (κ3) is 8.03. The molecule has 37 heavy (non-hydrogen) atoms. The quantitative estimate of drug-likeness (QED) is 0.194. The van der Waals surface area contributed by atoms with Gasteiger partial charge in [0.05, 0.1) is 0 Å². The van der Waals surface area contributed by atoms with E-state index in [4.69, 9.17) is 0 Å². The maximum atomic E-state index is 14.7. The van der Waals surface area contributed by atoms with Gasteiger partial charge in [0.25, 0.3) is 0 Å². The van der Waals surface area contributed by atoms with Crippen LogP contribution in [0.25, 0.3) is 5.57 Å². The summed E-state index contributed by atoms with van der Waals surface area (Å²) in [5, 5.41) is 0. The molecule has 206 valence electrons.